The first kappa shape index (κ1) is 9.67. The Morgan fingerprint density at radius 3 is 2.87 bits per heavy atom. The van der Waals surface area contributed by atoms with E-state index in [2.05, 4.69) is 4.98 Å². The predicted octanol–water partition coefficient (Wildman–Crippen LogP) is 2.21. The van der Waals surface area contributed by atoms with Crippen molar-refractivity contribution in [1.82, 2.24) is 4.98 Å². The van der Waals surface area contributed by atoms with Crippen LogP contribution >= 0.6 is 11.3 Å². The molecule has 0 aliphatic carbocycles. The molecule has 2 rings (SSSR count). The van der Waals surface area contributed by atoms with Crippen LogP contribution in [0.1, 0.15) is 10.4 Å². The molecule has 0 aliphatic rings. The van der Waals surface area contributed by atoms with Crippen molar-refractivity contribution in [2.24, 2.45) is 0 Å². The summed E-state index contributed by atoms with van der Waals surface area (Å²) in [6.45, 7) is 0. The molecule has 5 heteroatoms. The maximum Gasteiger partial charge on any atom is 0.339 e. The zero-order valence-electron chi connectivity index (χ0n) is 7.54. The molecular weight excluding hydrogens is 214 g/mol. The van der Waals surface area contributed by atoms with Gasteiger partial charge in [-0.3, -0.25) is 4.98 Å². The third kappa shape index (κ3) is 1.82. The van der Waals surface area contributed by atoms with E-state index in [-0.39, 0.29) is 11.3 Å². The molecule has 0 amide bonds. The van der Waals surface area contributed by atoms with E-state index in [9.17, 15) is 9.90 Å². The highest BCUT2D eigenvalue weighted by molar-refractivity contribution is 7.13. The van der Waals surface area contributed by atoms with Gasteiger partial charge in [0.25, 0.3) is 0 Å². The fraction of sp³-hybridized carbons (Fsp3) is 0. The molecular formula is C10H7NO3S. The largest absolute Gasteiger partial charge is 0.505 e. The van der Waals surface area contributed by atoms with Crippen molar-refractivity contribution in [2.45, 2.75) is 0 Å². The van der Waals surface area contributed by atoms with Crippen LogP contribution in [0.15, 0.2) is 29.8 Å². The van der Waals surface area contributed by atoms with Crippen LogP contribution in [0, 0.1) is 0 Å². The van der Waals surface area contributed by atoms with Crippen molar-refractivity contribution in [2.75, 3.05) is 0 Å². The molecule has 2 aromatic rings. The average Bonchev–Trinajstić information content (AvgIpc) is 2.71. The standard InChI is InChI=1S/C10H7NO3S/c12-8-5-11-7(4-6(8)10(13)14)9-2-1-3-15-9/h1-5,12H,(H,13,14). The monoisotopic (exact) mass is 221 g/mol. The number of carbonyl (C=O) groups is 1. The Balaban J connectivity index is 2.52. The lowest BCUT2D eigenvalue weighted by Gasteiger charge is -2.01. The number of rotatable bonds is 2. The second kappa shape index (κ2) is 3.70. The van der Waals surface area contributed by atoms with Crippen LogP contribution in [0.2, 0.25) is 0 Å². The predicted molar refractivity (Wildman–Crippen MR) is 56.2 cm³/mol. The summed E-state index contributed by atoms with van der Waals surface area (Å²) >= 11 is 1.47. The zero-order valence-corrected chi connectivity index (χ0v) is 8.36. The van der Waals surface area contributed by atoms with Crippen molar-refractivity contribution in [3.05, 3.63) is 35.3 Å². The maximum absolute atomic E-state index is 10.8. The number of hydrogen-bond donors (Lipinski definition) is 2. The Morgan fingerprint density at radius 1 is 1.47 bits per heavy atom. The van der Waals surface area contributed by atoms with Gasteiger partial charge in [-0.15, -0.1) is 11.3 Å². The molecule has 15 heavy (non-hydrogen) atoms. The molecule has 76 valence electrons. The first-order valence-corrected chi connectivity index (χ1v) is 5.02. The van der Waals surface area contributed by atoms with Gasteiger partial charge in [-0.25, -0.2) is 4.79 Å². The SMILES string of the molecule is O=C(O)c1cc(-c2cccs2)ncc1O. The minimum Gasteiger partial charge on any atom is -0.505 e. The smallest absolute Gasteiger partial charge is 0.339 e. The number of nitrogens with zero attached hydrogens (tertiary/aromatic N) is 1. The minimum atomic E-state index is -1.16. The normalized spacial score (nSPS) is 10.1. The molecule has 0 bridgehead atoms. The van der Waals surface area contributed by atoms with Gasteiger partial charge < -0.3 is 10.2 Å². The average molecular weight is 221 g/mol. The summed E-state index contributed by atoms with van der Waals surface area (Å²) in [5, 5.41) is 19.9. The van der Waals surface area contributed by atoms with E-state index < -0.39 is 5.97 Å². The lowest BCUT2D eigenvalue weighted by Crippen LogP contribution is -1.98. The molecule has 0 radical (unpaired) electrons. The number of carboxylic acids is 1. The number of pyridine rings is 1. The van der Waals surface area contributed by atoms with Crippen LogP contribution in [0.25, 0.3) is 10.6 Å². The van der Waals surface area contributed by atoms with Crippen molar-refractivity contribution < 1.29 is 15.0 Å². The summed E-state index contributed by atoms with van der Waals surface area (Å²) in [4.78, 5) is 15.6. The van der Waals surface area contributed by atoms with E-state index in [1.54, 1.807) is 0 Å². The summed E-state index contributed by atoms with van der Waals surface area (Å²) in [6.07, 6.45) is 1.15. The van der Waals surface area contributed by atoms with E-state index in [4.69, 9.17) is 5.11 Å². The summed E-state index contributed by atoms with van der Waals surface area (Å²) < 4.78 is 0. The van der Waals surface area contributed by atoms with Gasteiger partial charge in [-0.2, -0.15) is 0 Å². The van der Waals surface area contributed by atoms with Crippen LogP contribution in [0.3, 0.4) is 0 Å². The van der Waals surface area contributed by atoms with Gasteiger partial charge >= 0.3 is 5.97 Å². The van der Waals surface area contributed by atoms with Gasteiger partial charge in [-0.05, 0) is 17.5 Å². The van der Waals surface area contributed by atoms with Gasteiger partial charge in [-0.1, -0.05) is 6.07 Å². The van der Waals surface area contributed by atoms with Gasteiger partial charge in [0, 0.05) is 0 Å². The number of aromatic hydroxyl groups is 1. The number of aromatic carboxylic acids is 1. The summed E-state index contributed by atoms with van der Waals surface area (Å²) in [7, 11) is 0. The lowest BCUT2D eigenvalue weighted by atomic mass is 10.2. The fourth-order valence-corrected chi connectivity index (χ4v) is 1.87. The molecule has 0 atom stereocenters. The second-order valence-corrected chi connectivity index (χ2v) is 3.82. The highest BCUT2D eigenvalue weighted by atomic mass is 32.1. The van der Waals surface area contributed by atoms with E-state index in [0.717, 1.165) is 11.1 Å². The van der Waals surface area contributed by atoms with E-state index in [0.29, 0.717) is 5.69 Å². The van der Waals surface area contributed by atoms with Crippen LogP contribution < -0.4 is 0 Å². The van der Waals surface area contributed by atoms with Crippen molar-refractivity contribution in [3.63, 3.8) is 0 Å². The lowest BCUT2D eigenvalue weighted by molar-refractivity contribution is 0.0693. The Bertz CT molecular complexity index is 493. The molecule has 2 N–H and O–H groups in total. The highest BCUT2D eigenvalue weighted by Gasteiger charge is 2.12. The topological polar surface area (TPSA) is 70.4 Å². The minimum absolute atomic E-state index is 0.131. The molecule has 0 aliphatic heterocycles. The third-order valence-electron chi connectivity index (χ3n) is 1.89. The maximum atomic E-state index is 10.8. The zero-order chi connectivity index (χ0) is 10.8. The molecule has 0 aromatic carbocycles. The van der Waals surface area contributed by atoms with Crippen molar-refractivity contribution in [3.8, 4) is 16.3 Å². The molecule has 0 saturated heterocycles. The van der Waals surface area contributed by atoms with Crippen LogP contribution in [0.4, 0.5) is 0 Å². The fourth-order valence-electron chi connectivity index (χ4n) is 1.18. The van der Waals surface area contributed by atoms with Gasteiger partial charge in [0.05, 0.1) is 16.8 Å². The molecule has 2 aromatic heterocycles. The van der Waals surface area contributed by atoms with Crippen LogP contribution in [0.5, 0.6) is 5.75 Å². The van der Waals surface area contributed by atoms with E-state index in [1.165, 1.54) is 17.4 Å². The first-order valence-electron chi connectivity index (χ1n) is 4.14. The Morgan fingerprint density at radius 2 is 2.27 bits per heavy atom. The molecule has 0 spiro atoms. The van der Waals surface area contributed by atoms with E-state index in [1.807, 2.05) is 17.5 Å². The Kier molecular flexibility index (Phi) is 2.39. The first-order chi connectivity index (χ1) is 7.18. The number of hydrogen-bond acceptors (Lipinski definition) is 4. The Hall–Kier alpha value is -1.88. The van der Waals surface area contributed by atoms with Crippen molar-refractivity contribution in [1.29, 1.82) is 0 Å². The molecule has 0 saturated carbocycles. The summed E-state index contributed by atoms with van der Waals surface area (Å²) in [6, 6.07) is 5.06. The molecule has 0 unspecified atom stereocenters. The number of aromatic nitrogens is 1. The third-order valence-corrected chi connectivity index (χ3v) is 2.78. The molecule has 0 fully saturated rings. The summed E-state index contributed by atoms with van der Waals surface area (Å²) in [5.41, 5.74) is 0.425. The molecule has 2 heterocycles. The quantitative estimate of drug-likeness (QED) is 0.815. The van der Waals surface area contributed by atoms with Crippen LogP contribution in [-0.2, 0) is 0 Å². The number of thiophene rings is 1. The second-order valence-electron chi connectivity index (χ2n) is 2.87. The van der Waals surface area contributed by atoms with Gasteiger partial charge in [0.2, 0.25) is 0 Å². The van der Waals surface area contributed by atoms with Gasteiger partial charge in [0.15, 0.2) is 0 Å². The van der Waals surface area contributed by atoms with Gasteiger partial charge in [0.1, 0.15) is 11.3 Å². The molecule has 4 nitrogen and oxygen atoms in total. The summed E-state index contributed by atoms with van der Waals surface area (Å²) in [5.74, 6) is -1.48. The highest BCUT2D eigenvalue weighted by Crippen LogP contribution is 2.26. The van der Waals surface area contributed by atoms with Crippen LogP contribution in [-0.4, -0.2) is 21.2 Å². The van der Waals surface area contributed by atoms with Crippen molar-refractivity contribution >= 4 is 17.3 Å². The number of carboxylic acid groups (broad SMARTS) is 1. The van der Waals surface area contributed by atoms with E-state index >= 15 is 0 Å². The Labute approximate surface area is 89.5 Å².